The summed E-state index contributed by atoms with van der Waals surface area (Å²) in [6.07, 6.45) is 0.0911. The third kappa shape index (κ3) is 5.20. The zero-order chi connectivity index (χ0) is 22.5. The molecule has 0 bridgehead atoms. The van der Waals surface area contributed by atoms with E-state index < -0.39 is 6.04 Å². The van der Waals surface area contributed by atoms with Crippen LogP contribution >= 0.6 is 0 Å². The first kappa shape index (κ1) is 21.7. The van der Waals surface area contributed by atoms with Gasteiger partial charge in [-0.15, -0.1) is 10.2 Å². The van der Waals surface area contributed by atoms with Crippen molar-refractivity contribution in [1.82, 2.24) is 25.3 Å². The van der Waals surface area contributed by atoms with Crippen LogP contribution in [0.2, 0.25) is 0 Å². The smallest absolute Gasteiger partial charge is 0.247 e. The van der Waals surface area contributed by atoms with E-state index in [4.69, 9.17) is 4.42 Å². The maximum absolute atomic E-state index is 12.9. The average molecular weight is 434 g/mol. The van der Waals surface area contributed by atoms with Crippen molar-refractivity contribution in [2.45, 2.75) is 32.5 Å². The number of aromatic nitrogens is 2. The van der Waals surface area contributed by atoms with Gasteiger partial charge in [0, 0.05) is 32.2 Å². The van der Waals surface area contributed by atoms with Crippen LogP contribution in [0.4, 0.5) is 0 Å². The lowest BCUT2D eigenvalue weighted by Crippen LogP contribution is -2.56. The molecule has 1 saturated heterocycles. The predicted molar refractivity (Wildman–Crippen MR) is 119 cm³/mol. The van der Waals surface area contributed by atoms with Crippen molar-refractivity contribution in [3.8, 4) is 11.5 Å². The Balaban J connectivity index is 1.39. The molecule has 8 nitrogen and oxygen atoms in total. The molecule has 0 unspecified atom stereocenters. The van der Waals surface area contributed by atoms with Crippen molar-refractivity contribution in [1.29, 1.82) is 0 Å². The first-order valence-corrected chi connectivity index (χ1v) is 10.7. The molecule has 4 rings (SSSR count). The highest BCUT2D eigenvalue weighted by Gasteiger charge is 2.32. The van der Waals surface area contributed by atoms with Gasteiger partial charge in [0.2, 0.25) is 23.6 Å². The van der Waals surface area contributed by atoms with E-state index in [0.29, 0.717) is 31.4 Å². The van der Waals surface area contributed by atoms with Crippen molar-refractivity contribution in [3.05, 3.63) is 71.6 Å². The van der Waals surface area contributed by atoms with Gasteiger partial charge in [-0.25, -0.2) is 0 Å². The number of hydrogen-bond acceptors (Lipinski definition) is 6. The summed E-state index contributed by atoms with van der Waals surface area (Å²) >= 11 is 0. The molecule has 0 spiro atoms. The summed E-state index contributed by atoms with van der Waals surface area (Å²) in [5.74, 6) is 0.497. The van der Waals surface area contributed by atoms with E-state index in [1.165, 1.54) is 10.5 Å². The van der Waals surface area contributed by atoms with Crippen LogP contribution in [0.5, 0.6) is 0 Å². The number of aryl methyl sites for hydroxylation is 1. The number of piperazine rings is 1. The number of carbonyl (C=O) groups is 2. The SMILES string of the molecule is Cc1ccc(CN2CCNC(=O)[C@H]2CC(=O)N(C)Cc2nnc(-c3ccccc3)o2)cc1. The minimum absolute atomic E-state index is 0.0911. The minimum atomic E-state index is -0.512. The molecule has 2 aromatic carbocycles. The standard InChI is InChI=1S/C24H27N5O3/c1-17-8-10-18(11-9-17)15-29-13-12-25-23(31)20(29)14-22(30)28(2)16-21-26-27-24(32-21)19-6-4-3-5-7-19/h3-11,20H,12-16H2,1-2H3,(H,25,31)/t20-/m1/s1. The van der Waals surface area contributed by atoms with E-state index in [1.807, 2.05) is 37.3 Å². The second-order valence-corrected chi connectivity index (χ2v) is 8.08. The second-order valence-electron chi connectivity index (χ2n) is 8.08. The Kier molecular flexibility index (Phi) is 6.61. The maximum Gasteiger partial charge on any atom is 0.247 e. The number of hydrogen-bond donors (Lipinski definition) is 1. The highest BCUT2D eigenvalue weighted by molar-refractivity contribution is 5.88. The molecular formula is C24H27N5O3. The summed E-state index contributed by atoms with van der Waals surface area (Å²) < 4.78 is 5.71. The summed E-state index contributed by atoms with van der Waals surface area (Å²) in [6, 6.07) is 17.2. The molecule has 1 N–H and O–H groups in total. The molecule has 2 heterocycles. The number of benzene rings is 2. The van der Waals surface area contributed by atoms with Gasteiger partial charge in [-0.2, -0.15) is 0 Å². The van der Waals surface area contributed by atoms with E-state index in [9.17, 15) is 9.59 Å². The second kappa shape index (κ2) is 9.74. The van der Waals surface area contributed by atoms with E-state index in [0.717, 1.165) is 11.1 Å². The fourth-order valence-electron chi connectivity index (χ4n) is 3.73. The van der Waals surface area contributed by atoms with Crippen LogP contribution in [0, 0.1) is 6.92 Å². The Morgan fingerprint density at radius 1 is 1.16 bits per heavy atom. The molecule has 2 amide bonds. The molecule has 1 aliphatic heterocycles. The lowest BCUT2D eigenvalue weighted by molar-refractivity contribution is -0.138. The van der Waals surface area contributed by atoms with Gasteiger partial charge in [-0.3, -0.25) is 14.5 Å². The first-order chi connectivity index (χ1) is 15.5. The zero-order valence-corrected chi connectivity index (χ0v) is 18.3. The van der Waals surface area contributed by atoms with Gasteiger partial charge in [0.05, 0.1) is 19.0 Å². The third-order valence-corrected chi connectivity index (χ3v) is 5.60. The van der Waals surface area contributed by atoms with Gasteiger partial charge < -0.3 is 14.6 Å². The Morgan fingerprint density at radius 2 is 1.91 bits per heavy atom. The van der Waals surface area contributed by atoms with E-state index >= 15 is 0 Å². The Labute approximate surface area is 187 Å². The number of nitrogens with one attached hydrogen (secondary N) is 1. The quantitative estimate of drug-likeness (QED) is 0.615. The van der Waals surface area contributed by atoms with Crippen molar-refractivity contribution in [2.75, 3.05) is 20.1 Å². The van der Waals surface area contributed by atoms with Gasteiger partial charge in [0.15, 0.2) is 0 Å². The van der Waals surface area contributed by atoms with Gasteiger partial charge in [0.25, 0.3) is 0 Å². The number of nitrogens with zero attached hydrogens (tertiary/aromatic N) is 4. The van der Waals surface area contributed by atoms with Crippen LogP contribution in [-0.4, -0.2) is 58.0 Å². The van der Waals surface area contributed by atoms with Crippen molar-refractivity contribution >= 4 is 11.8 Å². The summed E-state index contributed by atoms with van der Waals surface area (Å²) in [5.41, 5.74) is 3.14. The van der Waals surface area contributed by atoms with Crippen LogP contribution in [0.15, 0.2) is 59.0 Å². The van der Waals surface area contributed by atoms with Crippen LogP contribution in [0.1, 0.15) is 23.4 Å². The van der Waals surface area contributed by atoms with Crippen LogP contribution in [0.3, 0.4) is 0 Å². The van der Waals surface area contributed by atoms with Gasteiger partial charge in [-0.1, -0.05) is 48.0 Å². The van der Waals surface area contributed by atoms with Crippen molar-refractivity contribution < 1.29 is 14.0 Å². The third-order valence-electron chi connectivity index (χ3n) is 5.60. The largest absolute Gasteiger partial charge is 0.419 e. The van der Waals surface area contributed by atoms with Crippen molar-refractivity contribution in [2.24, 2.45) is 0 Å². The highest BCUT2D eigenvalue weighted by atomic mass is 16.4. The van der Waals surface area contributed by atoms with Crippen LogP contribution in [0.25, 0.3) is 11.5 Å². The van der Waals surface area contributed by atoms with Crippen LogP contribution < -0.4 is 5.32 Å². The molecule has 0 aliphatic carbocycles. The van der Waals surface area contributed by atoms with E-state index in [1.54, 1.807) is 7.05 Å². The average Bonchev–Trinajstić information content (AvgIpc) is 3.26. The Hall–Kier alpha value is -3.52. The molecule has 1 atom stereocenters. The van der Waals surface area contributed by atoms with Gasteiger partial charge in [-0.05, 0) is 24.6 Å². The lowest BCUT2D eigenvalue weighted by atomic mass is 10.1. The summed E-state index contributed by atoms with van der Waals surface area (Å²) in [7, 11) is 1.68. The molecule has 32 heavy (non-hydrogen) atoms. The number of rotatable bonds is 7. The summed E-state index contributed by atoms with van der Waals surface area (Å²) in [5, 5.41) is 11.0. The molecule has 8 heteroatoms. The fourth-order valence-corrected chi connectivity index (χ4v) is 3.73. The predicted octanol–water partition coefficient (Wildman–Crippen LogP) is 2.39. The Bertz CT molecular complexity index is 1060. The van der Waals surface area contributed by atoms with Crippen LogP contribution in [-0.2, 0) is 22.7 Å². The normalized spacial score (nSPS) is 16.6. The summed E-state index contributed by atoms with van der Waals surface area (Å²) in [6.45, 7) is 4.13. The molecule has 0 radical (unpaired) electrons. The molecule has 1 fully saturated rings. The van der Waals surface area contributed by atoms with Crippen molar-refractivity contribution in [3.63, 3.8) is 0 Å². The molecule has 0 saturated carbocycles. The topological polar surface area (TPSA) is 91.6 Å². The first-order valence-electron chi connectivity index (χ1n) is 10.7. The zero-order valence-electron chi connectivity index (χ0n) is 18.3. The summed E-state index contributed by atoms with van der Waals surface area (Å²) in [4.78, 5) is 29.1. The van der Waals surface area contributed by atoms with E-state index in [2.05, 4.69) is 44.7 Å². The molecule has 3 aromatic rings. The van der Waals surface area contributed by atoms with E-state index in [-0.39, 0.29) is 24.8 Å². The fraction of sp³-hybridized carbons (Fsp3) is 0.333. The monoisotopic (exact) mass is 433 g/mol. The highest BCUT2D eigenvalue weighted by Crippen LogP contribution is 2.19. The molecule has 1 aromatic heterocycles. The minimum Gasteiger partial charge on any atom is -0.419 e. The molecular weight excluding hydrogens is 406 g/mol. The van der Waals surface area contributed by atoms with Gasteiger partial charge in [0.1, 0.15) is 0 Å². The number of carbonyl (C=O) groups excluding carboxylic acids is 2. The molecule has 1 aliphatic rings. The number of amides is 2. The maximum atomic E-state index is 12.9. The Morgan fingerprint density at radius 3 is 2.66 bits per heavy atom. The van der Waals surface area contributed by atoms with Gasteiger partial charge >= 0.3 is 0 Å². The molecule has 166 valence electrons. The lowest BCUT2D eigenvalue weighted by Gasteiger charge is -2.35.